The first-order valence-electron chi connectivity index (χ1n) is 8.69. The van der Waals surface area contributed by atoms with Gasteiger partial charge in [-0.05, 0) is 36.2 Å². The van der Waals surface area contributed by atoms with Crippen molar-refractivity contribution < 1.29 is 13.2 Å². The molecular formula is C20H17ClF3N3. The largest absolute Gasteiger partial charge is 0.315 e. The lowest BCUT2D eigenvalue weighted by Crippen LogP contribution is -2.75. The Kier molecular flexibility index (Phi) is 4.42. The topological polar surface area (TPSA) is 39.1 Å². The maximum absolute atomic E-state index is 14.2. The first-order chi connectivity index (χ1) is 12.9. The van der Waals surface area contributed by atoms with Gasteiger partial charge >= 0.3 is 0 Å². The first kappa shape index (κ1) is 18.3. The van der Waals surface area contributed by atoms with E-state index < -0.39 is 17.3 Å². The van der Waals surface area contributed by atoms with Crippen LogP contribution in [0.5, 0.6) is 0 Å². The van der Waals surface area contributed by atoms with Crippen LogP contribution in [0.1, 0.15) is 17.5 Å². The molecule has 0 unspecified atom stereocenters. The van der Waals surface area contributed by atoms with Crippen molar-refractivity contribution in [2.75, 3.05) is 19.6 Å². The lowest BCUT2D eigenvalue weighted by Gasteiger charge is -2.56. The van der Waals surface area contributed by atoms with E-state index in [1.165, 1.54) is 12.1 Å². The summed E-state index contributed by atoms with van der Waals surface area (Å²) >= 11 is 6.54. The quantitative estimate of drug-likeness (QED) is 0.852. The van der Waals surface area contributed by atoms with E-state index in [-0.39, 0.29) is 18.7 Å². The van der Waals surface area contributed by atoms with Gasteiger partial charge in [-0.3, -0.25) is 4.90 Å². The number of rotatable bonds is 3. The monoisotopic (exact) mass is 391 g/mol. The van der Waals surface area contributed by atoms with Gasteiger partial charge in [-0.2, -0.15) is 5.26 Å². The molecule has 1 atom stereocenters. The highest BCUT2D eigenvalue weighted by Gasteiger charge is 2.67. The minimum atomic E-state index is -2.71. The molecule has 2 aliphatic heterocycles. The molecule has 27 heavy (non-hydrogen) atoms. The fourth-order valence-electron chi connectivity index (χ4n) is 4.05. The number of likely N-dealkylation sites (tertiary alicyclic amines) is 1. The molecule has 140 valence electrons. The zero-order chi connectivity index (χ0) is 19.2. The maximum atomic E-state index is 14.2. The Morgan fingerprint density at radius 1 is 1.26 bits per heavy atom. The number of hydrogen-bond acceptors (Lipinski definition) is 3. The summed E-state index contributed by atoms with van der Waals surface area (Å²) in [5, 5.41) is 12.3. The van der Waals surface area contributed by atoms with Gasteiger partial charge in [-0.25, -0.2) is 13.2 Å². The van der Waals surface area contributed by atoms with Crippen LogP contribution in [-0.2, 0) is 6.54 Å². The third-order valence-corrected chi connectivity index (χ3v) is 6.10. The molecular weight excluding hydrogens is 375 g/mol. The van der Waals surface area contributed by atoms with E-state index >= 15 is 0 Å². The van der Waals surface area contributed by atoms with Gasteiger partial charge in [0.15, 0.2) is 0 Å². The van der Waals surface area contributed by atoms with Crippen molar-refractivity contribution in [3.8, 4) is 17.2 Å². The number of halogens is 4. The summed E-state index contributed by atoms with van der Waals surface area (Å²) in [6.07, 6.45) is 0.401. The molecule has 1 spiro atoms. The molecule has 2 aromatic carbocycles. The smallest absolute Gasteiger partial charge is 0.279 e. The maximum Gasteiger partial charge on any atom is 0.279 e. The molecule has 2 aliphatic rings. The lowest BCUT2D eigenvalue weighted by atomic mass is 9.79. The van der Waals surface area contributed by atoms with Gasteiger partial charge in [0.05, 0.1) is 17.1 Å². The molecule has 0 radical (unpaired) electrons. The van der Waals surface area contributed by atoms with Crippen molar-refractivity contribution in [3.63, 3.8) is 0 Å². The summed E-state index contributed by atoms with van der Waals surface area (Å²) in [6, 6.07) is 11.4. The van der Waals surface area contributed by atoms with E-state index in [2.05, 4.69) is 5.32 Å². The van der Waals surface area contributed by atoms with E-state index in [1.54, 1.807) is 35.2 Å². The number of nitriles is 1. The SMILES string of the molecule is N#Cc1ccc(-c2cccc(CN3CC(F)(F)[C@]34CCNC4)c2Cl)cc1F. The van der Waals surface area contributed by atoms with Crippen LogP contribution in [0.4, 0.5) is 13.2 Å². The second kappa shape index (κ2) is 6.52. The molecule has 1 N–H and O–H groups in total. The second-order valence-corrected chi connectivity index (χ2v) is 7.48. The summed E-state index contributed by atoms with van der Waals surface area (Å²) in [5.41, 5.74) is 0.700. The van der Waals surface area contributed by atoms with Crippen molar-refractivity contribution in [1.82, 2.24) is 10.2 Å². The molecule has 4 rings (SSSR count). The van der Waals surface area contributed by atoms with Crippen molar-refractivity contribution >= 4 is 11.6 Å². The zero-order valence-electron chi connectivity index (χ0n) is 14.4. The molecule has 0 saturated carbocycles. The van der Waals surface area contributed by atoms with E-state index in [9.17, 15) is 13.2 Å². The molecule has 0 bridgehead atoms. The van der Waals surface area contributed by atoms with Crippen LogP contribution in [0.3, 0.4) is 0 Å². The fourth-order valence-corrected chi connectivity index (χ4v) is 4.35. The van der Waals surface area contributed by atoms with Crippen LogP contribution in [0.25, 0.3) is 11.1 Å². The minimum Gasteiger partial charge on any atom is -0.315 e. The van der Waals surface area contributed by atoms with Crippen LogP contribution < -0.4 is 5.32 Å². The number of nitrogens with zero attached hydrogens (tertiary/aromatic N) is 2. The van der Waals surface area contributed by atoms with Crippen molar-refractivity contribution in [3.05, 3.63) is 58.4 Å². The Bertz CT molecular complexity index is 933. The standard InChI is InChI=1S/C20H17ClF3N3/c21-18-15(10-27-12-20(23,24)19(27)6-7-26-11-19)2-1-3-16(18)13-4-5-14(9-25)17(22)8-13/h1-5,8,26H,6-7,10-12H2/t19-/m1/s1. The Hall–Kier alpha value is -2.07. The Morgan fingerprint density at radius 2 is 2.07 bits per heavy atom. The summed E-state index contributed by atoms with van der Waals surface area (Å²) in [7, 11) is 0. The van der Waals surface area contributed by atoms with E-state index in [0.29, 0.717) is 35.7 Å². The van der Waals surface area contributed by atoms with Gasteiger partial charge in [-0.15, -0.1) is 0 Å². The van der Waals surface area contributed by atoms with Crippen LogP contribution >= 0.6 is 11.6 Å². The summed E-state index contributed by atoms with van der Waals surface area (Å²) in [6.45, 7) is 0.853. The molecule has 0 aromatic heterocycles. The molecule has 2 saturated heterocycles. The van der Waals surface area contributed by atoms with Crippen LogP contribution in [0.2, 0.25) is 5.02 Å². The summed E-state index contributed by atoms with van der Waals surface area (Å²) in [5.74, 6) is -3.33. The number of alkyl halides is 2. The summed E-state index contributed by atoms with van der Waals surface area (Å²) in [4.78, 5) is 1.78. The Morgan fingerprint density at radius 3 is 2.70 bits per heavy atom. The first-order valence-corrected chi connectivity index (χ1v) is 9.07. The molecule has 2 aromatic rings. The highest BCUT2D eigenvalue weighted by Crippen LogP contribution is 2.49. The van der Waals surface area contributed by atoms with Crippen molar-refractivity contribution in [2.45, 2.75) is 24.4 Å². The second-order valence-electron chi connectivity index (χ2n) is 7.10. The average Bonchev–Trinajstić information content (AvgIpc) is 3.16. The van der Waals surface area contributed by atoms with Crippen LogP contribution in [0, 0.1) is 17.1 Å². The normalized spacial score (nSPS) is 24.0. The Balaban J connectivity index is 1.64. The van der Waals surface area contributed by atoms with Gasteiger partial charge in [0.2, 0.25) is 0 Å². The van der Waals surface area contributed by atoms with E-state index in [4.69, 9.17) is 16.9 Å². The van der Waals surface area contributed by atoms with Gasteiger partial charge < -0.3 is 5.32 Å². The van der Waals surface area contributed by atoms with Crippen LogP contribution in [-0.4, -0.2) is 36.0 Å². The van der Waals surface area contributed by atoms with Gasteiger partial charge in [-0.1, -0.05) is 35.9 Å². The highest BCUT2D eigenvalue weighted by molar-refractivity contribution is 6.34. The third kappa shape index (κ3) is 2.82. The predicted molar refractivity (Wildman–Crippen MR) is 97.1 cm³/mol. The van der Waals surface area contributed by atoms with Crippen molar-refractivity contribution in [1.29, 1.82) is 5.26 Å². The van der Waals surface area contributed by atoms with Gasteiger partial charge in [0.1, 0.15) is 17.4 Å². The van der Waals surface area contributed by atoms with E-state index in [0.717, 1.165) is 5.56 Å². The molecule has 3 nitrogen and oxygen atoms in total. The number of benzene rings is 2. The van der Waals surface area contributed by atoms with Crippen LogP contribution in [0.15, 0.2) is 36.4 Å². The molecule has 2 heterocycles. The zero-order valence-corrected chi connectivity index (χ0v) is 15.2. The van der Waals surface area contributed by atoms with Gasteiger partial charge in [0.25, 0.3) is 5.92 Å². The minimum absolute atomic E-state index is 0.0375. The fraction of sp³-hybridized carbons (Fsp3) is 0.350. The average molecular weight is 392 g/mol. The molecule has 0 amide bonds. The predicted octanol–water partition coefficient (Wildman–Crippen LogP) is 4.20. The molecule has 7 heteroatoms. The number of nitrogens with one attached hydrogen (secondary N) is 1. The highest BCUT2D eigenvalue weighted by atomic mass is 35.5. The van der Waals surface area contributed by atoms with Gasteiger partial charge in [0, 0.05) is 18.7 Å². The van der Waals surface area contributed by atoms with Crippen molar-refractivity contribution in [2.24, 2.45) is 0 Å². The lowest BCUT2D eigenvalue weighted by molar-refractivity contribution is -0.241. The molecule has 0 aliphatic carbocycles. The van der Waals surface area contributed by atoms with E-state index in [1.807, 2.05) is 0 Å². The Labute approximate surface area is 160 Å². The summed E-state index contributed by atoms with van der Waals surface area (Å²) < 4.78 is 42.4. The third-order valence-electron chi connectivity index (χ3n) is 5.65. The molecule has 2 fully saturated rings. The number of hydrogen-bond donors (Lipinski definition) is 1.